The zero-order chi connectivity index (χ0) is 13.9. The summed E-state index contributed by atoms with van der Waals surface area (Å²) in [5, 5.41) is 4.42. The Morgan fingerprint density at radius 1 is 1.25 bits per heavy atom. The van der Waals surface area contributed by atoms with Crippen LogP contribution in [0.1, 0.15) is 30.5 Å². The fraction of sp³-hybridized carbons (Fsp3) is 0.294. The van der Waals surface area contributed by atoms with Gasteiger partial charge in [0.1, 0.15) is 5.75 Å². The van der Waals surface area contributed by atoms with Crippen molar-refractivity contribution in [2.24, 2.45) is 0 Å². The van der Waals surface area contributed by atoms with Gasteiger partial charge in [0.2, 0.25) is 0 Å². The van der Waals surface area contributed by atoms with Gasteiger partial charge in [-0.3, -0.25) is 0 Å². The Morgan fingerprint density at radius 3 is 2.95 bits per heavy atom. The van der Waals surface area contributed by atoms with Crippen LogP contribution in [0.5, 0.6) is 5.75 Å². The van der Waals surface area contributed by atoms with E-state index in [1.165, 1.54) is 11.1 Å². The Hall–Kier alpha value is -1.67. The van der Waals surface area contributed by atoms with Gasteiger partial charge in [-0.25, -0.2) is 0 Å². The molecule has 0 heterocycles. The molecule has 0 saturated heterocycles. The fourth-order valence-electron chi connectivity index (χ4n) is 2.79. The largest absolute Gasteiger partial charge is 0.492 e. The molecule has 2 aromatic rings. The van der Waals surface area contributed by atoms with Gasteiger partial charge in [-0.2, -0.15) is 0 Å². The second-order valence-corrected chi connectivity index (χ2v) is 5.44. The minimum Gasteiger partial charge on any atom is -0.492 e. The van der Waals surface area contributed by atoms with Crippen LogP contribution in [-0.2, 0) is 6.42 Å². The van der Waals surface area contributed by atoms with Crippen LogP contribution >= 0.6 is 11.6 Å². The quantitative estimate of drug-likeness (QED) is 0.869. The summed E-state index contributed by atoms with van der Waals surface area (Å²) in [5.74, 6) is 0.914. The van der Waals surface area contributed by atoms with Crippen molar-refractivity contribution in [1.82, 2.24) is 0 Å². The molecule has 0 radical (unpaired) electrons. The van der Waals surface area contributed by atoms with Crippen LogP contribution < -0.4 is 10.1 Å². The number of aryl methyl sites for hydroxylation is 1. The van der Waals surface area contributed by atoms with Crippen molar-refractivity contribution in [3.8, 4) is 5.75 Å². The van der Waals surface area contributed by atoms with Crippen molar-refractivity contribution in [2.75, 3.05) is 11.9 Å². The van der Waals surface area contributed by atoms with E-state index in [2.05, 4.69) is 23.5 Å². The minimum absolute atomic E-state index is 0.337. The number of benzene rings is 2. The first-order chi connectivity index (χ1) is 9.78. The SMILES string of the molecule is CCOc1ccccc1NC1CCc2cc(Cl)ccc21. The number of hydrogen-bond donors (Lipinski definition) is 1. The van der Waals surface area contributed by atoms with Gasteiger partial charge in [0, 0.05) is 5.02 Å². The standard InChI is InChI=1S/C17H18ClNO/c1-2-20-17-6-4-3-5-16(17)19-15-10-7-12-11-13(18)8-9-14(12)15/h3-6,8-9,11,15,19H,2,7,10H2,1H3. The molecule has 104 valence electrons. The molecule has 2 aromatic carbocycles. The molecule has 3 heteroatoms. The van der Waals surface area contributed by atoms with E-state index in [-0.39, 0.29) is 0 Å². The van der Waals surface area contributed by atoms with Crippen molar-refractivity contribution >= 4 is 17.3 Å². The lowest BCUT2D eigenvalue weighted by Crippen LogP contribution is -2.08. The summed E-state index contributed by atoms with van der Waals surface area (Å²) in [5.41, 5.74) is 3.76. The lowest BCUT2D eigenvalue weighted by molar-refractivity contribution is 0.341. The second kappa shape index (κ2) is 5.76. The van der Waals surface area contributed by atoms with Crippen molar-refractivity contribution < 1.29 is 4.74 Å². The molecule has 1 N–H and O–H groups in total. The second-order valence-electron chi connectivity index (χ2n) is 5.01. The Kier molecular flexibility index (Phi) is 3.83. The maximum absolute atomic E-state index is 6.06. The van der Waals surface area contributed by atoms with Crippen molar-refractivity contribution in [1.29, 1.82) is 0 Å². The summed E-state index contributed by atoms with van der Waals surface area (Å²) >= 11 is 6.06. The Morgan fingerprint density at radius 2 is 2.10 bits per heavy atom. The first-order valence-electron chi connectivity index (χ1n) is 7.04. The fourth-order valence-corrected chi connectivity index (χ4v) is 2.99. The number of halogens is 1. The van der Waals surface area contributed by atoms with Gasteiger partial charge in [-0.05, 0) is 55.2 Å². The first-order valence-corrected chi connectivity index (χ1v) is 7.42. The first kappa shape index (κ1) is 13.3. The van der Waals surface area contributed by atoms with Crippen LogP contribution in [0, 0.1) is 0 Å². The smallest absolute Gasteiger partial charge is 0.142 e. The van der Waals surface area contributed by atoms with Gasteiger partial charge in [-0.15, -0.1) is 0 Å². The molecular weight excluding hydrogens is 270 g/mol. The number of ether oxygens (including phenoxy) is 1. The van der Waals surface area contributed by atoms with E-state index in [0.717, 1.165) is 29.3 Å². The van der Waals surface area contributed by atoms with E-state index in [9.17, 15) is 0 Å². The highest BCUT2D eigenvalue weighted by Gasteiger charge is 2.23. The predicted octanol–water partition coefficient (Wildman–Crippen LogP) is 4.84. The van der Waals surface area contributed by atoms with E-state index in [1.54, 1.807) is 0 Å². The predicted molar refractivity (Wildman–Crippen MR) is 83.7 cm³/mol. The van der Waals surface area contributed by atoms with E-state index in [0.29, 0.717) is 12.6 Å². The molecule has 2 nitrogen and oxygen atoms in total. The summed E-state index contributed by atoms with van der Waals surface area (Å²) in [4.78, 5) is 0. The monoisotopic (exact) mass is 287 g/mol. The average molecular weight is 288 g/mol. The summed E-state index contributed by atoms with van der Waals surface area (Å²) in [7, 11) is 0. The van der Waals surface area contributed by atoms with Gasteiger partial charge >= 0.3 is 0 Å². The van der Waals surface area contributed by atoms with Crippen molar-refractivity contribution in [2.45, 2.75) is 25.8 Å². The number of fused-ring (bicyclic) bond motifs is 1. The third kappa shape index (κ3) is 2.61. The van der Waals surface area contributed by atoms with Gasteiger partial charge in [-0.1, -0.05) is 29.8 Å². The molecule has 0 amide bonds. The third-order valence-corrected chi connectivity index (χ3v) is 3.93. The Balaban J connectivity index is 1.84. The zero-order valence-corrected chi connectivity index (χ0v) is 12.3. The highest BCUT2D eigenvalue weighted by Crippen LogP contribution is 2.37. The van der Waals surface area contributed by atoms with Crippen LogP contribution in [0.4, 0.5) is 5.69 Å². The Labute approximate surface area is 124 Å². The number of rotatable bonds is 4. The van der Waals surface area contributed by atoms with Crippen molar-refractivity contribution in [3.63, 3.8) is 0 Å². The van der Waals surface area contributed by atoms with Crippen LogP contribution in [0.25, 0.3) is 0 Å². The molecular formula is C17H18ClNO. The lowest BCUT2D eigenvalue weighted by atomic mass is 10.1. The van der Waals surface area contributed by atoms with E-state index < -0.39 is 0 Å². The third-order valence-electron chi connectivity index (χ3n) is 3.70. The molecule has 0 aromatic heterocycles. The average Bonchev–Trinajstić information content (AvgIpc) is 2.83. The molecule has 1 aliphatic carbocycles. The summed E-state index contributed by atoms with van der Waals surface area (Å²) in [6.45, 7) is 2.68. The minimum atomic E-state index is 0.337. The maximum atomic E-state index is 6.06. The number of anilines is 1. The molecule has 0 spiro atoms. The van der Waals surface area contributed by atoms with E-state index >= 15 is 0 Å². The highest BCUT2D eigenvalue weighted by molar-refractivity contribution is 6.30. The van der Waals surface area contributed by atoms with Crippen LogP contribution in [0.15, 0.2) is 42.5 Å². The molecule has 0 aliphatic heterocycles. The maximum Gasteiger partial charge on any atom is 0.142 e. The number of hydrogen-bond acceptors (Lipinski definition) is 2. The van der Waals surface area contributed by atoms with Crippen LogP contribution in [0.3, 0.4) is 0 Å². The zero-order valence-electron chi connectivity index (χ0n) is 11.5. The summed E-state index contributed by atoms with van der Waals surface area (Å²) < 4.78 is 5.67. The molecule has 0 bridgehead atoms. The van der Waals surface area contributed by atoms with Gasteiger partial charge in [0.05, 0.1) is 18.3 Å². The van der Waals surface area contributed by atoms with E-state index in [4.69, 9.17) is 16.3 Å². The van der Waals surface area contributed by atoms with Gasteiger partial charge < -0.3 is 10.1 Å². The topological polar surface area (TPSA) is 21.3 Å². The van der Waals surface area contributed by atoms with Gasteiger partial charge in [0.15, 0.2) is 0 Å². The summed E-state index contributed by atoms with van der Waals surface area (Å²) in [6, 6.07) is 14.6. The normalized spacial score (nSPS) is 16.8. The summed E-state index contributed by atoms with van der Waals surface area (Å²) in [6.07, 6.45) is 2.17. The molecule has 0 fully saturated rings. The van der Waals surface area contributed by atoms with Gasteiger partial charge in [0.25, 0.3) is 0 Å². The Bertz CT molecular complexity index is 612. The van der Waals surface area contributed by atoms with Crippen LogP contribution in [-0.4, -0.2) is 6.61 Å². The number of nitrogens with one attached hydrogen (secondary N) is 1. The molecule has 1 unspecified atom stereocenters. The molecule has 20 heavy (non-hydrogen) atoms. The molecule has 3 rings (SSSR count). The lowest BCUT2D eigenvalue weighted by Gasteiger charge is -2.18. The van der Waals surface area contributed by atoms with E-state index in [1.807, 2.05) is 31.2 Å². The highest BCUT2D eigenvalue weighted by atomic mass is 35.5. The van der Waals surface area contributed by atoms with Crippen LogP contribution in [0.2, 0.25) is 5.02 Å². The molecule has 0 saturated carbocycles. The molecule has 1 atom stereocenters. The molecule has 1 aliphatic rings. The van der Waals surface area contributed by atoms with Crippen molar-refractivity contribution in [3.05, 3.63) is 58.6 Å². The number of para-hydroxylation sites is 2.